The maximum atomic E-state index is 12.4. The predicted molar refractivity (Wildman–Crippen MR) is 103 cm³/mol. The number of carbonyl (C=O) groups is 1. The van der Waals surface area contributed by atoms with Gasteiger partial charge in [-0.05, 0) is 43.6 Å². The third kappa shape index (κ3) is 3.80. The van der Waals surface area contributed by atoms with E-state index < -0.39 is 0 Å². The van der Waals surface area contributed by atoms with Gasteiger partial charge >= 0.3 is 0 Å². The van der Waals surface area contributed by atoms with E-state index in [0.29, 0.717) is 17.7 Å². The highest BCUT2D eigenvalue weighted by Crippen LogP contribution is 2.44. The summed E-state index contributed by atoms with van der Waals surface area (Å²) in [5.74, 6) is 3.06. The number of aromatic nitrogens is 3. The molecule has 4 rings (SSSR count). The van der Waals surface area contributed by atoms with Crippen molar-refractivity contribution in [2.45, 2.75) is 56.8 Å². The van der Waals surface area contributed by atoms with Gasteiger partial charge in [-0.2, -0.15) is 0 Å². The Kier molecular flexibility index (Phi) is 5.29. The van der Waals surface area contributed by atoms with Gasteiger partial charge in [-0.15, -0.1) is 10.2 Å². The number of carbonyl (C=O) groups excluding carboxylic acids is 1. The second-order valence-corrected chi connectivity index (χ2v) is 8.39. The second kappa shape index (κ2) is 7.82. The van der Waals surface area contributed by atoms with Crippen molar-refractivity contribution in [3.05, 3.63) is 41.7 Å². The molecule has 26 heavy (non-hydrogen) atoms. The zero-order valence-corrected chi connectivity index (χ0v) is 16.0. The van der Waals surface area contributed by atoms with E-state index in [1.165, 1.54) is 43.0 Å². The molecule has 1 aromatic carbocycles. The van der Waals surface area contributed by atoms with Crippen molar-refractivity contribution in [3.8, 4) is 0 Å². The monoisotopic (exact) mass is 370 g/mol. The van der Waals surface area contributed by atoms with E-state index in [1.54, 1.807) is 0 Å². The number of rotatable bonds is 7. The number of nitrogens with one attached hydrogen (secondary N) is 1. The van der Waals surface area contributed by atoms with Gasteiger partial charge in [0, 0.05) is 19.0 Å². The zero-order valence-electron chi connectivity index (χ0n) is 15.2. The number of nitrogens with zero attached hydrogens (tertiary/aromatic N) is 3. The van der Waals surface area contributed by atoms with E-state index in [0.717, 1.165) is 29.9 Å². The molecule has 138 valence electrons. The summed E-state index contributed by atoms with van der Waals surface area (Å²) in [5, 5.41) is 12.8. The molecule has 1 amide bonds. The average Bonchev–Trinajstić information content (AvgIpc) is 3.36. The van der Waals surface area contributed by atoms with E-state index in [4.69, 9.17) is 0 Å². The fourth-order valence-corrected chi connectivity index (χ4v) is 5.29. The van der Waals surface area contributed by atoms with Crippen LogP contribution in [-0.4, -0.2) is 32.5 Å². The van der Waals surface area contributed by atoms with E-state index in [-0.39, 0.29) is 5.91 Å². The summed E-state index contributed by atoms with van der Waals surface area (Å²) in [4.78, 5) is 12.4. The predicted octanol–water partition coefficient (Wildman–Crippen LogP) is 3.29. The normalized spacial score (nSPS) is 24.1. The molecule has 0 radical (unpaired) electrons. The van der Waals surface area contributed by atoms with Gasteiger partial charge in [-0.25, -0.2) is 0 Å². The van der Waals surface area contributed by atoms with Crippen molar-refractivity contribution in [2.24, 2.45) is 11.8 Å². The SMILES string of the molecule is CCn1c(Cc2ccccc2)nnc1SCC(=O)N[C@@H]1C[C@@H]2CC[C@@H]1C2. The minimum atomic E-state index is 0.128. The summed E-state index contributed by atoms with van der Waals surface area (Å²) in [6.45, 7) is 2.91. The summed E-state index contributed by atoms with van der Waals surface area (Å²) in [6, 6.07) is 10.7. The van der Waals surface area contributed by atoms with Gasteiger partial charge in [0.2, 0.25) is 5.91 Å². The second-order valence-electron chi connectivity index (χ2n) is 7.44. The minimum Gasteiger partial charge on any atom is -0.352 e. The van der Waals surface area contributed by atoms with Crippen molar-refractivity contribution >= 4 is 17.7 Å². The van der Waals surface area contributed by atoms with Crippen molar-refractivity contribution < 1.29 is 4.79 Å². The van der Waals surface area contributed by atoms with Crippen molar-refractivity contribution in [2.75, 3.05) is 5.75 Å². The Hall–Kier alpha value is -1.82. The van der Waals surface area contributed by atoms with Gasteiger partial charge in [0.25, 0.3) is 0 Å². The Morgan fingerprint density at radius 1 is 1.23 bits per heavy atom. The van der Waals surface area contributed by atoms with Crippen LogP contribution in [0.15, 0.2) is 35.5 Å². The molecule has 0 saturated heterocycles. The van der Waals surface area contributed by atoms with E-state index >= 15 is 0 Å². The van der Waals surface area contributed by atoms with Crippen molar-refractivity contribution in [1.29, 1.82) is 0 Å². The van der Waals surface area contributed by atoms with Crippen LogP contribution in [0.25, 0.3) is 0 Å². The molecule has 3 atom stereocenters. The third-order valence-corrected chi connectivity index (χ3v) is 6.70. The lowest BCUT2D eigenvalue weighted by Gasteiger charge is -2.22. The molecule has 0 unspecified atom stereocenters. The fraction of sp³-hybridized carbons (Fsp3) is 0.550. The average molecular weight is 371 g/mol. The number of thioether (sulfide) groups is 1. The van der Waals surface area contributed by atoms with Crippen LogP contribution >= 0.6 is 11.8 Å². The number of benzene rings is 1. The van der Waals surface area contributed by atoms with E-state index in [2.05, 4.69) is 39.1 Å². The molecule has 6 heteroatoms. The van der Waals surface area contributed by atoms with Crippen molar-refractivity contribution in [1.82, 2.24) is 20.1 Å². The Labute approximate surface area is 159 Å². The van der Waals surface area contributed by atoms with Gasteiger partial charge < -0.3 is 9.88 Å². The van der Waals surface area contributed by atoms with Gasteiger partial charge in [0.05, 0.1) is 5.75 Å². The number of hydrogen-bond donors (Lipinski definition) is 1. The standard InChI is InChI=1S/C20H26N4OS/c1-2-24-18(12-14-6-4-3-5-7-14)22-23-20(24)26-13-19(25)21-17-11-15-8-9-16(17)10-15/h3-7,15-17H,2,8-13H2,1H3,(H,21,25)/t15-,16-,17-/m1/s1. The quantitative estimate of drug-likeness (QED) is 0.760. The van der Waals surface area contributed by atoms with E-state index in [9.17, 15) is 4.79 Å². The van der Waals surface area contributed by atoms with Gasteiger partial charge in [-0.1, -0.05) is 48.5 Å². The Morgan fingerprint density at radius 2 is 2.08 bits per heavy atom. The highest BCUT2D eigenvalue weighted by Gasteiger charge is 2.40. The lowest BCUT2D eigenvalue weighted by molar-refractivity contribution is -0.119. The molecule has 2 fully saturated rings. The molecule has 2 saturated carbocycles. The Bertz CT molecular complexity index is 760. The Morgan fingerprint density at radius 3 is 2.77 bits per heavy atom. The summed E-state index contributed by atoms with van der Waals surface area (Å²) in [6.07, 6.45) is 5.89. The van der Waals surface area contributed by atoms with Crippen LogP contribution in [0.2, 0.25) is 0 Å². The summed E-state index contributed by atoms with van der Waals surface area (Å²) in [7, 11) is 0. The molecule has 5 nitrogen and oxygen atoms in total. The molecule has 2 aliphatic carbocycles. The van der Waals surface area contributed by atoms with Crippen LogP contribution < -0.4 is 5.32 Å². The zero-order chi connectivity index (χ0) is 17.9. The molecule has 2 aromatic rings. The minimum absolute atomic E-state index is 0.128. The first-order valence-electron chi connectivity index (χ1n) is 9.61. The van der Waals surface area contributed by atoms with Crippen LogP contribution in [0.5, 0.6) is 0 Å². The van der Waals surface area contributed by atoms with Gasteiger partial charge in [-0.3, -0.25) is 4.79 Å². The maximum absolute atomic E-state index is 12.4. The molecule has 2 bridgehead atoms. The molecule has 1 heterocycles. The van der Waals surface area contributed by atoms with Crippen LogP contribution in [0.3, 0.4) is 0 Å². The van der Waals surface area contributed by atoms with Crippen LogP contribution in [-0.2, 0) is 17.8 Å². The topological polar surface area (TPSA) is 59.8 Å². The highest BCUT2D eigenvalue weighted by molar-refractivity contribution is 7.99. The van der Waals surface area contributed by atoms with Crippen molar-refractivity contribution in [3.63, 3.8) is 0 Å². The largest absolute Gasteiger partial charge is 0.352 e. The molecule has 2 aliphatic rings. The molecular weight excluding hydrogens is 344 g/mol. The first kappa shape index (κ1) is 17.6. The lowest BCUT2D eigenvalue weighted by atomic mass is 9.95. The number of amides is 1. The maximum Gasteiger partial charge on any atom is 0.230 e. The third-order valence-electron chi connectivity index (χ3n) is 5.73. The van der Waals surface area contributed by atoms with E-state index in [1.807, 2.05) is 18.2 Å². The molecule has 0 spiro atoms. The first-order valence-corrected chi connectivity index (χ1v) is 10.6. The molecule has 1 N–H and O–H groups in total. The van der Waals surface area contributed by atoms with Gasteiger partial charge in [0.15, 0.2) is 5.16 Å². The van der Waals surface area contributed by atoms with Crippen LogP contribution in [0.4, 0.5) is 0 Å². The molecular formula is C20H26N4OS. The summed E-state index contributed by atoms with van der Waals surface area (Å²) in [5.41, 5.74) is 1.22. The fourth-order valence-electron chi connectivity index (χ4n) is 4.45. The summed E-state index contributed by atoms with van der Waals surface area (Å²) < 4.78 is 2.11. The smallest absolute Gasteiger partial charge is 0.230 e. The summed E-state index contributed by atoms with van der Waals surface area (Å²) >= 11 is 1.49. The molecule has 1 aromatic heterocycles. The first-order chi connectivity index (χ1) is 12.7. The molecule has 0 aliphatic heterocycles. The van der Waals surface area contributed by atoms with Crippen LogP contribution in [0.1, 0.15) is 44.0 Å². The Balaban J connectivity index is 1.33. The number of fused-ring (bicyclic) bond motifs is 2. The highest BCUT2D eigenvalue weighted by atomic mass is 32.2. The van der Waals surface area contributed by atoms with Gasteiger partial charge in [0.1, 0.15) is 5.82 Å². The van der Waals surface area contributed by atoms with Crippen LogP contribution in [0, 0.1) is 11.8 Å². The number of hydrogen-bond acceptors (Lipinski definition) is 4. The lowest BCUT2D eigenvalue weighted by Crippen LogP contribution is -2.39.